The van der Waals surface area contributed by atoms with Crippen molar-refractivity contribution in [1.82, 2.24) is 9.78 Å². The molecule has 0 unspecified atom stereocenters. The van der Waals surface area contributed by atoms with E-state index in [1.807, 2.05) is 0 Å². The summed E-state index contributed by atoms with van der Waals surface area (Å²) in [6, 6.07) is 5.27. The first-order valence-electron chi connectivity index (χ1n) is 4.73. The highest BCUT2D eigenvalue weighted by atomic mass is 19.1. The number of nitrogens with zero attached hydrogens (tertiary/aromatic N) is 3. The summed E-state index contributed by atoms with van der Waals surface area (Å²) in [4.78, 5) is 20.8. The van der Waals surface area contributed by atoms with Crippen molar-refractivity contribution in [1.29, 1.82) is 0 Å². The van der Waals surface area contributed by atoms with Crippen LogP contribution in [0.1, 0.15) is 10.5 Å². The molecular weight excluding hydrogens is 245 g/mol. The fourth-order valence-electron chi connectivity index (χ4n) is 1.48. The predicted octanol–water partition coefficient (Wildman–Crippen LogP) is 1.62. The van der Waals surface area contributed by atoms with Gasteiger partial charge in [0.1, 0.15) is 17.7 Å². The number of rotatable bonds is 3. The molecule has 0 amide bonds. The molecule has 0 saturated carbocycles. The smallest absolute Gasteiger partial charge is 0.361 e. The summed E-state index contributed by atoms with van der Waals surface area (Å²) in [5.74, 6) is -2.28. The lowest BCUT2D eigenvalue weighted by molar-refractivity contribution is -0.385. The third kappa shape index (κ3) is 1.79. The van der Waals surface area contributed by atoms with Crippen LogP contribution in [0, 0.1) is 15.9 Å². The zero-order chi connectivity index (χ0) is 13.3. The maximum atomic E-state index is 13.5. The van der Waals surface area contributed by atoms with Crippen molar-refractivity contribution in [2.24, 2.45) is 0 Å². The van der Waals surface area contributed by atoms with E-state index >= 15 is 0 Å². The van der Waals surface area contributed by atoms with Gasteiger partial charge in [0.15, 0.2) is 0 Å². The van der Waals surface area contributed by atoms with E-state index in [1.165, 1.54) is 18.2 Å². The number of carboxylic acids is 1. The Labute approximate surface area is 99.2 Å². The van der Waals surface area contributed by atoms with Gasteiger partial charge >= 0.3 is 11.7 Å². The molecule has 0 aliphatic heterocycles. The third-order valence-electron chi connectivity index (χ3n) is 2.23. The number of hydrogen-bond acceptors (Lipinski definition) is 4. The first-order chi connectivity index (χ1) is 8.52. The lowest BCUT2D eigenvalue weighted by Gasteiger charge is -2.04. The second kappa shape index (κ2) is 4.24. The molecule has 1 heterocycles. The van der Waals surface area contributed by atoms with Gasteiger partial charge in [0.25, 0.3) is 0 Å². The van der Waals surface area contributed by atoms with Crippen LogP contribution in [0.15, 0.2) is 30.5 Å². The molecule has 2 aromatic rings. The molecule has 1 N–H and O–H groups in total. The molecule has 0 aliphatic carbocycles. The van der Waals surface area contributed by atoms with Crippen LogP contribution in [-0.2, 0) is 0 Å². The minimum absolute atomic E-state index is 0.164. The van der Waals surface area contributed by atoms with E-state index < -0.39 is 28.1 Å². The quantitative estimate of drug-likeness (QED) is 0.660. The average Bonchev–Trinajstić information content (AvgIpc) is 2.74. The van der Waals surface area contributed by atoms with Gasteiger partial charge in [0.05, 0.1) is 4.92 Å². The fraction of sp³-hybridized carbons (Fsp3) is 0. The van der Waals surface area contributed by atoms with Crippen LogP contribution in [0.2, 0.25) is 0 Å². The SMILES string of the molecule is O=C(O)c1c([N+](=O)[O-])cnn1-c1ccccc1F. The van der Waals surface area contributed by atoms with Crippen LogP contribution in [0.4, 0.5) is 10.1 Å². The Morgan fingerprint density at radius 2 is 2.11 bits per heavy atom. The molecule has 0 fully saturated rings. The van der Waals surface area contributed by atoms with Crippen LogP contribution < -0.4 is 0 Å². The molecule has 92 valence electrons. The Balaban J connectivity index is 2.70. The number of para-hydroxylation sites is 1. The van der Waals surface area contributed by atoms with Crippen LogP contribution >= 0.6 is 0 Å². The summed E-state index contributed by atoms with van der Waals surface area (Å²) in [5.41, 5.74) is -1.54. The Hall–Kier alpha value is -2.77. The average molecular weight is 251 g/mol. The largest absolute Gasteiger partial charge is 0.476 e. The Morgan fingerprint density at radius 1 is 1.44 bits per heavy atom. The predicted molar refractivity (Wildman–Crippen MR) is 57.1 cm³/mol. The third-order valence-corrected chi connectivity index (χ3v) is 2.23. The fourth-order valence-corrected chi connectivity index (χ4v) is 1.48. The number of halogens is 1. The molecule has 0 saturated heterocycles. The van der Waals surface area contributed by atoms with Gasteiger partial charge in [0.2, 0.25) is 5.69 Å². The molecule has 0 spiro atoms. The molecule has 0 atom stereocenters. The van der Waals surface area contributed by atoms with Gasteiger partial charge < -0.3 is 5.11 Å². The summed E-state index contributed by atoms with van der Waals surface area (Å²) in [6.45, 7) is 0. The van der Waals surface area contributed by atoms with Crippen molar-refractivity contribution in [3.8, 4) is 5.69 Å². The first kappa shape index (κ1) is 11.7. The molecule has 18 heavy (non-hydrogen) atoms. The number of aromatic nitrogens is 2. The molecular formula is C10H6FN3O4. The van der Waals surface area contributed by atoms with Crippen molar-refractivity contribution < 1.29 is 19.2 Å². The van der Waals surface area contributed by atoms with E-state index in [4.69, 9.17) is 5.11 Å². The standard InChI is InChI=1S/C10H6FN3O4/c11-6-3-1-2-4-7(6)13-9(10(15)16)8(5-12-13)14(17)18/h1-5H,(H,15,16). The molecule has 1 aromatic heterocycles. The zero-order valence-electron chi connectivity index (χ0n) is 8.78. The lowest BCUT2D eigenvalue weighted by atomic mass is 10.3. The topological polar surface area (TPSA) is 98.3 Å². The molecule has 7 nitrogen and oxygen atoms in total. The van der Waals surface area contributed by atoms with Crippen molar-refractivity contribution in [3.63, 3.8) is 0 Å². The van der Waals surface area contributed by atoms with Gasteiger partial charge in [-0.2, -0.15) is 5.10 Å². The van der Waals surface area contributed by atoms with E-state index in [0.717, 1.165) is 12.3 Å². The number of carboxylic acid groups (broad SMARTS) is 1. The van der Waals surface area contributed by atoms with Gasteiger partial charge in [-0.05, 0) is 12.1 Å². The Morgan fingerprint density at radius 3 is 2.67 bits per heavy atom. The Kier molecular flexibility index (Phi) is 2.76. The molecule has 2 rings (SSSR count). The number of carbonyl (C=O) groups is 1. The van der Waals surface area contributed by atoms with Crippen LogP contribution in [-0.4, -0.2) is 25.8 Å². The van der Waals surface area contributed by atoms with E-state index in [-0.39, 0.29) is 5.69 Å². The van der Waals surface area contributed by atoms with E-state index in [9.17, 15) is 19.3 Å². The Bertz CT molecular complexity index is 638. The molecule has 1 aromatic carbocycles. The second-order valence-electron chi connectivity index (χ2n) is 3.30. The van der Waals surface area contributed by atoms with Crippen molar-refractivity contribution in [3.05, 3.63) is 52.1 Å². The number of hydrogen-bond donors (Lipinski definition) is 1. The van der Waals surface area contributed by atoms with E-state index in [0.29, 0.717) is 4.68 Å². The normalized spacial score (nSPS) is 10.3. The highest BCUT2D eigenvalue weighted by Crippen LogP contribution is 2.22. The lowest BCUT2D eigenvalue weighted by Crippen LogP contribution is -2.11. The van der Waals surface area contributed by atoms with Gasteiger partial charge in [-0.3, -0.25) is 10.1 Å². The minimum atomic E-state index is -1.55. The molecule has 0 bridgehead atoms. The highest BCUT2D eigenvalue weighted by Gasteiger charge is 2.28. The van der Waals surface area contributed by atoms with Crippen molar-refractivity contribution >= 4 is 11.7 Å². The van der Waals surface area contributed by atoms with Crippen molar-refractivity contribution in [2.45, 2.75) is 0 Å². The second-order valence-corrected chi connectivity index (χ2v) is 3.30. The van der Waals surface area contributed by atoms with Crippen LogP contribution in [0.25, 0.3) is 5.69 Å². The summed E-state index contributed by atoms with van der Waals surface area (Å²) in [5, 5.41) is 23.1. The molecule has 0 radical (unpaired) electrons. The summed E-state index contributed by atoms with van der Waals surface area (Å²) in [7, 11) is 0. The summed E-state index contributed by atoms with van der Waals surface area (Å²) < 4.78 is 14.2. The molecule has 0 aliphatic rings. The zero-order valence-corrected chi connectivity index (χ0v) is 8.78. The maximum Gasteiger partial charge on any atom is 0.361 e. The first-order valence-corrected chi connectivity index (χ1v) is 4.73. The molecule has 8 heteroatoms. The van der Waals surface area contributed by atoms with Gasteiger partial charge in [-0.1, -0.05) is 12.1 Å². The number of nitro groups is 1. The minimum Gasteiger partial charge on any atom is -0.476 e. The van der Waals surface area contributed by atoms with Gasteiger partial charge in [-0.15, -0.1) is 0 Å². The van der Waals surface area contributed by atoms with Gasteiger partial charge in [0, 0.05) is 0 Å². The van der Waals surface area contributed by atoms with E-state index in [1.54, 1.807) is 0 Å². The van der Waals surface area contributed by atoms with Crippen LogP contribution in [0.5, 0.6) is 0 Å². The summed E-state index contributed by atoms with van der Waals surface area (Å²) >= 11 is 0. The van der Waals surface area contributed by atoms with Crippen LogP contribution in [0.3, 0.4) is 0 Å². The number of benzene rings is 1. The van der Waals surface area contributed by atoms with Gasteiger partial charge in [-0.25, -0.2) is 13.9 Å². The monoisotopic (exact) mass is 251 g/mol. The highest BCUT2D eigenvalue weighted by molar-refractivity contribution is 5.91. The van der Waals surface area contributed by atoms with E-state index in [2.05, 4.69) is 5.10 Å². The number of aromatic carboxylic acids is 1. The van der Waals surface area contributed by atoms with Crippen molar-refractivity contribution in [2.75, 3.05) is 0 Å². The summed E-state index contributed by atoms with van der Waals surface area (Å²) in [6.07, 6.45) is 0.774. The maximum absolute atomic E-state index is 13.5.